The Bertz CT molecular complexity index is 881. The molecular weight excluding hydrogens is 387 g/mol. The Morgan fingerprint density at radius 2 is 2.07 bits per heavy atom. The molecule has 1 atom stereocenters. The Morgan fingerprint density at radius 1 is 1.28 bits per heavy atom. The van der Waals surface area contributed by atoms with E-state index in [0.717, 1.165) is 31.5 Å². The molecule has 0 aliphatic carbocycles. The van der Waals surface area contributed by atoms with E-state index in [1.54, 1.807) is 13.0 Å². The minimum atomic E-state index is -4.51. The predicted molar refractivity (Wildman–Crippen MR) is 99.6 cm³/mol. The molecule has 1 saturated heterocycles. The Balaban J connectivity index is 1.94. The van der Waals surface area contributed by atoms with E-state index in [-0.39, 0.29) is 29.9 Å². The molecule has 0 radical (unpaired) electrons. The molecule has 2 heterocycles. The fraction of sp³-hybridized carbons (Fsp3) is 0.450. The Kier molecular flexibility index (Phi) is 6.49. The van der Waals surface area contributed by atoms with Gasteiger partial charge in [0.05, 0.1) is 11.3 Å². The molecule has 0 amide bonds. The Hall–Kier alpha value is -2.52. The lowest BCUT2D eigenvalue weighted by Crippen LogP contribution is -2.34. The quantitative estimate of drug-likeness (QED) is 0.580. The highest BCUT2D eigenvalue weighted by atomic mass is 19.4. The number of ether oxygens (including phenoxy) is 2. The molecule has 1 aromatic carbocycles. The van der Waals surface area contributed by atoms with Gasteiger partial charge >= 0.3 is 6.18 Å². The second kappa shape index (κ2) is 8.87. The number of piperidine rings is 1. The molecule has 1 aliphatic rings. The van der Waals surface area contributed by atoms with Crippen LogP contribution in [-0.2, 0) is 10.9 Å². The number of alkyl halides is 3. The van der Waals surface area contributed by atoms with Gasteiger partial charge in [-0.15, -0.1) is 10.2 Å². The lowest BCUT2D eigenvalue weighted by atomic mass is 9.92. The number of aromatic nitrogens is 2. The van der Waals surface area contributed by atoms with Gasteiger partial charge in [-0.2, -0.15) is 13.2 Å². The molecule has 6 nitrogen and oxygen atoms in total. The van der Waals surface area contributed by atoms with Crippen molar-refractivity contribution < 1.29 is 27.4 Å². The van der Waals surface area contributed by atoms with Crippen molar-refractivity contribution in [3.8, 4) is 17.0 Å². The minimum Gasteiger partial charge on any atom is -0.467 e. The van der Waals surface area contributed by atoms with Crippen molar-refractivity contribution in [1.29, 1.82) is 0 Å². The topological polar surface area (TPSA) is 73.3 Å². The van der Waals surface area contributed by atoms with E-state index in [0.29, 0.717) is 23.4 Å². The highest BCUT2D eigenvalue weighted by Crippen LogP contribution is 2.37. The zero-order chi connectivity index (χ0) is 21.0. The van der Waals surface area contributed by atoms with Gasteiger partial charge in [-0.25, -0.2) is 0 Å². The van der Waals surface area contributed by atoms with Crippen LogP contribution in [0.2, 0.25) is 0 Å². The van der Waals surface area contributed by atoms with Crippen molar-refractivity contribution in [2.75, 3.05) is 27.0 Å². The predicted octanol–water partition coefficient (Wildman–Crippen LogP) is 3.64. The molecule has 1 N–H and O–H groups in total. The summed E-state index contributed by atoms with van der Waals surface area (Å²) in [5.74, 6) is -0.243. The van der Waals surface area contributed by atoms with Crippen molar-refractivity contribution >= 4 is 5.78 Å². The van der Waals surface area contributed by atoms with E-state index >= 15 is 0 Å². The summed E-state index contributed by atoms with van der Waals surface area (Å²) in [6, 6.07) is 4.78. The third-order valence-corrected chi connectivity index (χ3v) is 4.80. The summed E-state index contributed by atoms with van der Waals surface area (Å²) in [7, 11) is 1.37. The minimum absolute atomic E-state index is 0.0189. The molecule has 2 aromatic rings. The fourth-order valence-corrected chi connectivity index (χ4v) is 3.29. The van der Waals surface area contributed by atoms with Gasteiger partial charge < -0.3 is 14.8 Å². The lowest BCUT2D eigenvalue weighted by Gasteiger charge is -2.21. The number of carbonyl (C=O) groups is 1. The smallest absolute Gasteiger partial charge is 0.416 e. The van der Waals surface area contributed by atoms with Gasteiger partial charge in [0.2, 0.25) is 0 Å². The molecule has 9 heteroatoms. The number of hydrogen-bond donors (Lipinski definition) is 1. The number of nitrogens with zero attached hydrogens (tertiary/aromatic N) is 2. The fourth-order valence-electron chi connectivity index (χ4n) is 3.29. The molecule has 3 rings (SSSR count). The van der Waals surface area contributed by atoms with Gasteiger partial charge in [0.25, 0.3) is 0 Å². The van der Waals surface area contributed by atoms with Gasteiger partial charge in [-0.05, 0) is 56.1 Å². The van der Waals surface area contributed by atoms with E-state index in [2.05, 4.69) is 15.5 Å². The molecule has 1 aromatic heterocycles. The summed E-state index contributed by atoms with van der Waals surface area (Å²) in [5, 5.41) is 11.4. The number of hydrogen-bond acceptors (Lipinski definition) is 6. The number of rotatable bonds is 6. The maximum atomic E-state index is 13.1. The second-order valence-electron chi connectivity index (χ2n) is 6.93. The van der Waals surface area contributed by atoms with Crippen LogP contribution in [0, 0.1) is 12.8 Å². The molecule has 29 heavy (non-hydrogen) atoms. The van der Waals surface area contributed by atoms with Crippen LogP contribution < -0.4 is 10.1 Å². The lowest BCUT2D eigenvalue weighted by molar-refractivity contribution is -0.137. The summed E-state index contributed by atoms with van der Waals surface area (Å²) < 4.78 is 49.4. The van der Waals surface area contributed by atoms with Crippen LogP contribution in [0.1, 0.15) is 34.5 Å². The average Bonchev–Trinajstić information content (AvgIpc) is 2.71. The normalized spacial score (nSPS) is 17.2. The Labute approximate surface area is 166 Å². The summed E-state index contributed by atoms with van der Waals surface area (Å²) >= 11 is 0. The summed E-state index contributed by atoms with van der Waals surface area (Å²) in [6.45, 7) is 3.02. The standard InChI is InChI=1S/C20H22F3N3O3/c1-12-8-16(19(27)13-4-3-7-24-10-13)25-26-18(12)15-6-5-14(20(21,22)23)9-17(15)29-11-28-2/h5-6,8-9,13,24H,3-4,7,10-11H2,1-2H3. The van der Waals surface area contributed by atoms with Gasteiger partial charge in [-0.3, -0.25) is 4.79 Å². The van der Waals surface area contributed by atoms with Crippen molar-refractivity contribution in [3.63, 3.8) is 0 Å². The molecule has 1 aliphatic heterocycles. The first-order chi connectivity index (χ1) is 13.8. The number of nitrogens with one attached hydrogen (secondary N) is 1. The molecule has 1 unspecified atom stereocenters. The second-order valence-corrected chi connectivity index (χ2v) is 6.93. The maximum absolute atomic E-state index is 13.1. The third kappa shape index (κ3) is 4.91. The van der Waals surface area contributed by atoms with Gasteiger partial charge in [0, 0.05) is 25.1 Å². The zero-order valence-corrected chi connectivity index (χ0v) is 16.2. The highest BCUT2D eigenvalue weighted by molar-refractivity contribution is 5.96. The monoisotopic (exact) mass is 409 g/mol. The van der Waals surface area contributed by atoms with E-state index in [1.165, 1.54) is 13.2 Å². The zero-order valence-electron chi connectivity index (χ0n) is 16.2. The molecule has 1 fully saturated rings. The van der Waals surface area contributed by atoms with E-state index in [4.69, 9.17) is 9.47 Å². The number of carbonyl (C=O) groups excluding carboxylic acids is 1. The summed E-state index contributed by atoms with van der Waals surface area (Å²) in [6.07, 6.45) is -2.79. The molecule has 156 valence electrons. The van der Waals surface area contributed by atoms with Crippen LogP contribution in [0.4, 0.5) is 13.2 Å². The van der Waals surface area contributed by atoms with Crippen LogP contribution in [0.15, 0.2) is 24.3 Å². The summed E-state index contributed by atoms with van der Waals surface area (Å²) in [5.41, 5.74) is 0.733. The molecule has 0 bridgehead atoms. The first-order valence-corrected chi connectivity index (χ1v) is 9.24. The molecular formula is C20H22F3N3O3. The Morgan fingerprint density at radius 3 is 2.69 bits per heavy atom. The first kappa shape index (κ1) is 21.2. The number of Topliss-reactive ketones (excluding diaryl/α,β-unsaturated/α-hetero) is 1. The number of ketones is 1. The van der Waals surface area contributed by atoms with Crippen molar-refractivity contribution in [2.45, 2.75) is 25.9 Å². The average molecular weight is 409 g/mol. The number of halogens is 3. The molecule has 0 spiro atoms. The van der Waals surface area contributed by atoms with Crippen molar-refractivity contribution in [3.05, 3.63) is 41.1 Å². The van der Waals surface area contributed by atoms with E-state index in [9.17, 15) is 18.0 Å². The highest BCUT2D eigenvalue weighted by Gasteiger charge is 2.32. The van der Waals surface area contributed by atoms with Crippen LogP contribution in [-0.4, -0.2) is 43.0 Å². The number of methoxy groups -OCH3 is 1. The van der Waals surface area contributed by atoms with Crippen LogP contribution >= 0.6 is 0 Å². The third-order valence-electron chi connectivity index (χ3n) is 4.80. The SMILES string of the molecule is COCOc1cc(C(F)(F)F)ccc1-c1nnc(C(=O)C2CCCNC2)cc1C. The first-order valence-electron chi connectivity index (χ1n) is 9.24. The van der Waals surface area contributed by atoms with Crippen LogP contribution in [0.25, 0.3) is 11.3 Å². The van der Waals surface area contributed by atoms with E-state index in [1.807, 2.05) is 0 Å². The molecule has 0 saturated carbocycles. The summed E-state index contributed by atoms with van der Waals surface area (Å²) in [4.78, 5) is 12.7. The van der Waals surface area contributed by atoms with Crippen LogP contribution in [0.5, 0.6) is 5.75 Å². The van der Waals surface area contributed by atoms with E-state index < -0.39 is 11.7 Å². The van der Waals surface area contributed by atoms with Crippen LogP contribution in [0.3, 0.4) is 0 Å². The number of benzene rings is 1. The van der Waals surface area contributed by atoms with Gasteiger partial charge in [-0.1, -0.05) is 0 Å². The largest absolute Gasteiger partial charge is 0.467 e. The van der Waals surface area contributed by atoms with Crippen molar-refractivity contribution in [2.24, 2.45) is 5.92 Å². The number of aryl methyl sites for hydroxylation is 1. The van der Waals surface area contributed by atoms with Gasteiger partial charge in [0.1, 0.15) is 11.4 Å². The van der Waals surface area contributed by atoms with Gasteiger partial charge in [0.15, 0.2) is 12.6 Å². The maximum Gasteiger partial charge on any atom is 0.416 e. The van der Waals surface area contributed by atoms with Crippen molar-refractivity contribution in [1.82, 2.24) is 15.5 Å².